The molecule has 0 aliphatic rings. The number of hydrogen-bond acceptors (Lipinski definition) is 0. The van der Waals surface area contributed by atoms with Gasteiger partial charge in [-0.05, 0) is 12.1 Å². The molecule has 0 radical (unpaired) electrons. The Labute approximate surface area is 133 Å². The highest BCUT2D eigenvalue weighted by molar-refractivity contribution is 5.72. The summed E-state index contributed by atoms with van der Waals surface area (Å²) in [6, 6.07) is 5.20. The van der Waals surface area contributed by atoms with Crippen LogP contribution >= 0.6 is 0 Å². The number of benzene rings is 1. The van der Waals surface area contributed by atoms with Gasteiger partial charge in [0.2, 0.25) is 0 Å². The first-order valence-corrected chi connectivity index (χ1v) is 6.32. The number of imidazole rings is 1. The molecule has 0 aliphatic carbocycles. The van der Waals surface area contributed by atoms with Crippen LogP contribution in [0.1, 0.15) is 5.82 Å². The topological polar surface area (TPSA) is 8.81 Å². The highest BCUT2D eigenvalue weighted by Crippen LogP contribution is 2.56. The molecule has 0 fully saturated rings. The Morgan fingerprint density at radius 3 is 1.76 bits per heavy atom. The molecule has 1 aromatic carbocycles. The molecule has 142 valence electrons. The maximum Gasteiger partial charge on any atom is 0.460 e. The van der Waals surface area contributed by atoms with Crippen molar-refractivity contribution < 1.29 is 48.8 Å². The van der Waals surface area contributed by atoms with Crippen LogP contribution in [0.2, 0.25) is 0 Å². The Morgan fingerprint density at radius 2 is 1.32 bits per heavy atom. The summed E-state index contributed by atoms with van der Waals surface area (Å²) in [5.74, 6) is -21.1. The lowest BCUT2D eigenvalue weighted by Gasteiger charge is -2.31. The second-order valence-electron chi connectivity index (χ2n) is 5.15. The molecule has 2 rings (SSSR count). The average molecular weight is 384 g/mol. The fourth-order valence-corrected chi connectivity index (χ4v) is 2.42. The normalized spacial score (nSPS) is 13.9. The van der Waals surface area contributed by atoms with E-state index < -0.39 is 29.8 Å². The lowest BCUT2D eigenvalue weighted by atomic mass is 10.0. The number of aryl methyl sites for hydroxylation is 2. The molecule has 0 amide bonds. The van der Waals surface area contributed by atoms with Crippen LogP contribution in [0.25, 0.3) is 11.0 Å². The zero-order chi connectivity index (χ0) is 18.7. The highest BCUT2D eigenvalue weighted by Gasteiger charge is 2.84. The van der Waals surface area contributed by atoms with Gasteiger partial charge in [0.05, 0.1) is 14.1 Å². The van der Waals surface area contributed by atoms with E-state index in [1.165, 1.54) is 24.3 Å². The van der Waals surface area contributed by atoms with E-state index in [1.807, 2.05) is 0 Å². The lowest BCUT2D eigenvalue weighted by molar-refractivity contribution is -0.668. The Bertz CT molecular complexity index is 736. The molecule has 0 saturated heterocycles. The summed E-state index contributed by atoms with van der Waals surface area (Å²) >= 11 is 0. The van der Waals surface area contributed by atoms with Gasteiger partial charge in [0.25, 0.3) is 0 Å². The van der Waals surface area contributed by atoms with Crippen molar-refractivity contribution in [1.82, 2.24) is 4.57 Å². The Kier molecular flexibility index (Phi) is 4.85. The number of nitrogens with zero attached hydrogens (tertiary/aromatic N) is 2. The molecule has 2 nitrogen and oxygen atoms in total. The van der Waals surface area contributed by atoms with Crippen LogP contribution in [0.5, 0.6) is 0 Å². The van der Waals surface area contributed by atoms with Gasteiger partial charge in [-0.3, -0.25) is 0 Å². The first-order valence-electron chi connectivity index (χ1n) is 6.32. The van der Waals surface area contributed by atoms with Crippen molar-refractivity contribution in [2.24, 2.45) is 14.1 Å². The fraction of sp³-hybridized carbons (Fsp3) is 0.462. The van der Waals surface area contributed by atoms with Crippen molar-refractivity contribution >= 4 is 11.0 Å². The number of hydrogen-bond donors (Lipinski definition) is 0. The van der Waals surface area contributed by atoms with Crippen molar-refractivity contribution in [3.8, 4) is 0 Å². The molecule has 2 aromatic rings. The van der Waals surface area contributed by atoms with E-state index in [1.54, 1.807) is 0 Å². The highest BCUT2D eigenvalue weighted by atomic mass is 19.4. The third kappa shape index (κ3) is 2.61. The Balaban J connectivity index is 0.00000312. The summed E-state index contributed by atoms with van der Waals surface area (Å²) < 4.78 is 119. The predicted octanol–water partition coefficient (Wildman–Crippen LogP) is 0.931. The van der Waals surface area contributed by atoms with Gasteiger partial charge < -0.3 is 4.70 Å². The van der Waals surface area contributed by atoms with Gasteiger partial charge in [0, 0.05) is 0 Å². The molecule has 12 heteroatoms. The van der Waals surface area contributed by atoms with Crippen LogP contribution in [0.15, 0.2) is 24.3 Å². The molecule has 0 saturated carbocycles. The van der Waals surface area contributed by atoms with E-state index in [4.69, 9.17) is 0 Å². The molecule has 1 heterocycles. The Hall–Kier alpha value is -2.01. The largest absolute Gasteiger partial charge is 1.00 e. The van der Waals surface area contributed by atoms with Crippen LogP contribution in [0.4, 0.5) is 39.5 Å². The van der Waals surface area contributed by atoms with Crippen molar-refractivity contribution in [2.45, 2.75) is 23.9 Å². The van der Waals surface area contributed by atoms with Crippen LogP contribution in [0, 0.1) is 0 Å². The van der Waals surface area contributed by atoms with E-state index in [9.17, 15) is 39.5 Å². The van der Waals surface area contributed by atoms with Crippen LogP contribution in [-0.4, -0.2) is 22.6 Å². The third-order valence-electron chi connectivity index (χ3n) is 3.67. The first-order chi connectivity index (χ1) is 10.7. The molecule has 0 bridgehead atoms. The lowest BCUT2D eigenvalue weighted by Crippen LogP contribution is -3.00. The summed E-state index contributed by atoms with van der Waals surface area (Å²) in [6.45, 7) is 0. The van der Waals surface area contributed by atoms with Crippen LogP contribution < -0.4 is 9.27 Å². The minimum absolute atomic E-state index is 0. The number of rotatable bonds is 3. The number of fused-ring (bicyclic) bond motifs is 1. The van der Waals surface area contributed by atoms with E-state index in [0.717, 1.165) is 14.1 Å². The van der Waals surface area contributed by atoms with Crippen molar-refractivity contribution in [3.63, 3.8) is 0 Å². The van der Waals surface area contributed by atoms with E-state index in [0.29, 0.717) is 9.13 Å². The molecule has 0 N–H and O–H groups in total. The van der Waals surface area contributed by atoms with Gasteiger partial charge >= 0.3 is 29.8 Å². The minimum Gasteiger partial charge on any atom is -1.00 e. The molecule has 0 atom stereocenters. The summed E-state index contributed by atoms with van der Waals surface area (Å²) in [6.07, 6.45) is -6.84. The van der Waals surface area contributed by atoms with Gasteiger partial charge in [-0.2, -0.15) is 39.5 Å². The van der Waals surface area contributed by atoms with E-state index >= 15 is 0 Å². The molecule has 1 aromatic heterocycles. The zero-order valence-electron chi connectivity index (χ0n) is 12.5. The second-order valence-corrected chi connectivity index (χ2v) is 5.15. The number of alkyl halides is 9. The molecule has 0 spiro atoms. The number of halogens is 10. The molecule has 25 heavy (non-hydrogen) atoms. The van der Waals surface area contributed by atoms with Crippen molar-refractivity contribution in [2.75, 3.05) is 0 Å². The fourth-order valence-electron chi connectivity index (χ4n) is 2.42. The van der Waals surface area contributed by atoms with Gasteiger partial charge in [-0.15, -0.1) is 0 Å². The number of para-hydroxylation sites is 2. The molecule has 0 aliphatic heterocycles. The first kappa shape index (κ1) is 21.0. The minimum atomic E-state index is -6.92. The maximum absolute atomic E-state index is 14.1. The summed E-state index contributed by atoms with van der Waals surface area (Å²) in [5, 5.41) is 0. The summed E-state index contributed by atoms with van der Waals surface area (Å²) in [5.41, 5.74) is -0.0819. The van der Waals surface area contributed by atoms with Gasteiger partial charge in [0.1, 0.15) is 0 Å². The summed E-state index contributed by atoms with van der Waals surface area (Å²) in [4.78, 5) is 0. The monoisotopic (exact) mass is 384 g/mol. The van der Waals surface area contributed by atoms with Crippen molar-refractivity contribution in [3.05, 3.63) is 30.1 Å². The van der Waals surface area contributed by atoms with Crippen LogP contribution in [-0.2, 0) is 20.0 Å². The molecular weight excluding hydrogens is 374 g/mol. The Morgan fingerprint density at radius 1 is 0.840 bits per heavy atom. The predicted molar refractivity (Wildman–Crippen MR) is 63.9 cm³/mol. The van der Waals surface area contributed by atoms with Crippen molar-refractivity contribution in [1.29, 1.82) is 0 Å². The van der Waals surface area contributed by atoms with Gasteiger partial charge in [-0.25, -0.2) is 9.13 Å². The van der Waals surface area contributed by atoms with E-state index in [-0.39, 0.29) is 15.7 Å². The van der Waals surface area contributed by atoms with Gasteiger partial charge in [-0.1, -0.05) is 12.1 Å². The maximum atomic E-state index is 14.1. The standard InChI is InChI=1S/C13H10F9N2.FH/c1-23-7-5-3-4-6-8(7)24(2)9(23)10(14,15)11(16,17)12(18,19)13(20,21)22;/h3-6H,1-2H3;1H/q+1;/p-1. The summed E-state index contributed by atoms with van der Waals surface area (Å²) in [7, 11) is 1.74. The molecule has 0 unspecified atom stereocenters. The second kappa shape index (κ2) is 5.77. The zero-order valence-corrected chi connectivity index (χ0v) is 12.5. The van der Waals surface area contributed by atoms with E-state index in [2.05, 4.69) is 0 Å². The van der Waals surface area contributed by atoms with Crippen LogP contribution in [0.3, 0.4) is 0 Å². The quantitative estimate of drug-likeness (QED) is 0.550. The average Bonchev–Trinajstić information content (AvgIpc) is 2.70. The smallest absolute Gasteiger partial charge is 0.460 e. The third-order valence-corrected chi connectivity index (χ3v) is 3.67. The SMILES string of the molecule is Cn1c(C(F)(F)C(F)(F)C(F)(F)C(F)(F)F)[n+](C)c2ccccc21.[F-]. The van der Waals surface area contributed by atoms with Gasteiger partial charge in [0.15, 0.2) is 11.0 Å². The molecular formula is C13H10F10N2. The number of aromatic nitrogens is 2.